The van der Waals surface area contributed by atoms with Gasteiger partial charge in [-0.1, -0.05) is 21.1 Å². The Hall–Kier alpha value is -1.67. The largest absolute Gasteiger partial charge is 0.220 e. The molecule has 0 saturated carbocycles. The number of nitrogens with zero attached hydrogens (tertiary/aromatic N) is 4. The minimum absolute atomic E-state index is 0.639. The second-order valence-electron chi connectivity index (χ2n) is 2.95. The summed E-state index contributed by atoms with van der Waals surface area (Å²) in [4.78, 5) is 0. The van der Waals surface area contributed by atoms with Crippen molar-refractivity contribution in [1.29, 1.82) is 5.26 Å². The fraction of sp³-hybridized carbons (Fsp3) is 0.100. The van der Waals surface area contributed by atoms with Crippen LogP contribution in [-0.4, -0.2) is 15.0 Å². The van der Waals surface area contributed by atoms with E-state index in [2.05, 4.69) is 32.3 Å². The molecule has 0 aliphatic heterocycles. The Bertz CT molecular complexity index is 495. The number of nitriles is 1. The Labute approximate surface area is 95.3 Å². The van der Waals surface area contributed by atoms with Crippen LogP contribution in [-0.2, 0) is 5.33 Å². The molecule has 0 aliphatic carbocycles. The smallest absolute Gasteiger partial charge is 0.0991 e. The molecule has 0 spiro atoms. The Morgan fingerprint density at radius 1 is 1.33 bits per heavy atom. The van der Waals surface area contributed by atoms with Gasteiger partial charge in [0, 0.05) is 5.33 Å². The predicted octanol–water partition coefficient (Wildman–Crippen LogP) is 2.03. The molecule has 0 fully saturated rings. The van der Waals surface area contributed by atoms with E-state index in [0.29, 0.717) is 10.9 Å². The summed E-state index contributed by atoms with van der Waals surface area (Å²) in [5, 5.41) is 17.3. The maximum atomic E-state index is 8.65. The summed E-state index contributed by atoms with van der Waals surface area (Å²) >= 11 is 3.31. The lowest BCUT2D eigenvalue weighted by atomic mass is 10.2. The van der Waals surface area contributed by atoms with Gasteiger partial charge in [-0.2, -0.15) is 5.26 Å². The second-order valence-corrected chi connectivity index (χ2v) is 3.51. The minimum atomic E-state index is 0.639. The highest BCUT2D eigenvalue weighted by molar-refractivity contribution is 9.08. The third-order valence-electron chi connectivity index (χ3n) is 1.94. The molecule has 2 rings (SSSR count). The number of alkyl halides is 1. The van der Waals surface area contributed by atoms with E-state index in [0.717, 1.165) is 11.4 Å². The number of aromatic nitrogens is 3. The first-order valence-corrected chi connectivity index (χ1v) is 5.43. The zero-order valence-electron chi connectivity index (χ0n) is 7.76. The summed E-state index contributed by atoms with van der Waals surface area (Å²) in [5.74, 6) is 0. The van der Waals surface area contributed by atoms with Crippen LogP contribution in [0.5, 0.6) is 0 Å². The van der Waals surface area contributed by atoms with Crippen LogP contribution < -0.4 is 0 Å². The van der Waals surface area contributed by atoms with Gasteiger partial charge in [0.15, 0.2) is 0 Å². The van der Waals surface area contributed by atoms with Gasteiger partial charge in [0.2, 0.25) is 0 Å². The van der Waals surface area contributed by atoms with E-state index in [1.54, 1.807) is 16.8 Å². The van der Waals surface area contributed by atoms with Crippen molar-refractivity contribution in [2.24, 2.45) is 0 Å². The first kappa shape index (κ1) is 9.87. The molecule has 0 N–H and O–H groups in total. The highest BCUT2D eigenvalue weighted by Crippen LogP contribution is 2.09. The van der Waals surface area contributed by atoms with Gasteiger partial charge < -0.3 is 0 Å². The van der Waals surface area contributed by atoms with E-state index in [1.807, 2.05) is 18.3 Å². The Morgan fingerprint density at radius 3 is 2.60 bits per heavy atom. The van der Waals surface area contributed by atoms with Crippen molar-refractivity contribution in [2.45, 2.75) is 5.33 Å². The van der Waals surface area contributed by atoms with Crippen molar-refractivity contribution in [1.82, 2.24) is 15.0 Å². The number of rotatable bonds is 2. The zero-order chi connectivity index (χ0) is 10.7. The lowest BCUT2D eigenvalue weighted by Crippen LogP contribution is -1.94. The summed E-state index contributed by atoms with van der Waals surface area (Å²) in [5.41, 5.74) is 2.41. The van der Waals surface area contributed by atoms with E-state index in [9.17, 15) is 0 Å². The molecule has 0 bridgehead atoms. The van der Waals surface area contributed by atoms with Gasteiger partial charge >= 0.3 is 0 Å². The van der Waals surface area contributed by atoms with E-state index in [4.69, 9.17) is 5.26 Å². The molecule has 5 heteroatoms. The summed E-state index contributed by atoms with van der Waals surface area (Å²) in [6, 6.07) is 9.26. The molecule has 0 saturated heterocycles. The van der Waals surface area contributed by atoms with Crippen LogP contribution in [0.3, 0.4) is 0 Å². The average Bonchev–Trinajstić information content (AvgIpc) is 2.78. The van der Waals surface area contributed by atoms with Gasteiger partial charge in [-0.25, -0.2) is 4.68 Å². The van der Waals surface area contributed by atoms with Crippen LogP contribution in [0, 0.1) is 11.3 Å². The van der Waals surface area contributed by atoms with Crippen LogP contribution in [0.4, 0.5) is 0 Å². The molecule has 2 aromatic rings. The molecule has 0 atom stereocenters. The van der Waals surface area contributed by atoms with Crippen molar-refractivity contribution in [3.63, 3.8) is 0 Å². The fourth-order valence-electron chi connectivity index (χ4n) is 1.17. The number of hydrogen-bond donors (Lipinski definition) is 0. The maximum absolute atomic E-state index is 8.65. The molecule has 1 aromatic carbocycles. The molecular formula is C10H7BrN4. The molecule has 15 heavy (non-hydrogen) atoms. The standard InChI is InChI=1S/C10H7BrN4/c11-5-9-7-15(14-13-9)10-3-1-8(6-12)2-4-10/h1-4,7H,5H2. The van der Waals surface area contributed by atoms with Gasteiger partial charge in [-0.15, -0.1) is 5.10 Å². The Kier molecular flexibility index (Phi) is 2.79. The molecular weight excluding hydrogens is 256 g/mol. The van der Waals surface area contributed by atoms with Crippen molar-refractivity contribution < 1.29 is 0 Å². The zero-order valence-corrected chi connectivity index (χ0v) is 9.35. The first-order valence-electron chi connectivity index (χ1n) is 4.31. The SMILES string of the molecule is N#Cc1ccc(-n2cc(CBr)nn2)cc1. The van der Waals surface area contributed by atoms with Gasteiger partial charge in [-0.3, -0.25) is 0 Å². The lowest BCUT2D eigenvalue weighted by molar-refractivity contribution is 0.800. The Balaban J connectivity index is 2.33. The second kappa shape index (κ2) is 4.24. The van der Waals surface area contributed by atoms with Gasteiger partial charge in [0.05, 0.1) is 29.2 Å². The highest BCUT2D eigenvalue weighted by Gasteiger charge is 2.01. The average molecular weight is 263 g/mol. The van der Waals surface area contributed by atoms with Gasteiger partial charge in [-0.05, 0) is 24.3 Å². The summed E-state index contributed by atoms with van der Waals surface area (Å²) < 4.78 is 1.68. The van der Waals surface area contributed by atoms with Crippen LogP contribution in [0.1, 0.15) is 11.3 Å². The lowest BCUT2D eigenvalue weighted by Gasteiger charge is -1.98. The third kappa shape index (κ3) is 2.05. The minimum Gasteiger partial charge on any atom is -0.220 e. The number of halogens is 1. The molecule has 4 nitrogen and oxygen atoms in total. The molecule has 0 amide bonds. The summed E-state index contributed by atoms with van der Waals surface area (Å²) in [6.45, 7) is 0. The third-order valence-corrected chi connectivity index (χ3v) is 2.51. The molecule has 0 unspecified atom stereocenters. The molecule has 1 heterocycles. The normalized spacial score (nSPS) is 9.87. The molecule has 74 valence electrons. The van der Waals surface area contributed by atoms with E-state index in [1.165, 1.54) is 0 Å². The highest BCUT2D eigenvalue weighted by atomic mass is 79.9. The molecule has 0 radical (unpaired) electrons. The first-order chi connectivity index (χ1) is 7.33. The van der Waals surface area contributed by atoms with Crippen LogP contribution >= 0.6 is 15.9 Å². The summed E-state index contributed by atoms with van der Waals surface area (Å²) in [7, 11) is 0. The van der Waals surface area contributed by atoms with E-state index >= 15 is 0 Å². The summed E-state index contributed by atoms with van der Waals surface area (Å²) in [6.07, 6.45) is 1.84. The topological polar surface area (TPSA) is 54.5 Å². The molecule has 1 aromatic heterocycles. The fourth-order valence-corrected chi connectivity index (χ4v) is 1.43. The van der Waals surface area contributed by atoms with Crippen molar-refractivity contribution in [3.05, 3.63) is 41.7 Å². The van der Waals surface area contributed by atoms with Crippen molar-refractivity contribution >= 4 is 15.9 Å². The van der Waals surface area contributed by atoms with Gasteiger partial charge in [0.25, 0.3) is 0 Å². The van der Waals surface area contributed by atoms with Crippen molar-refractivity contribution in [2.75, 3.05) is 0 Å². The van der Waals surface area contributed by atoms with E-state index in [-0.39, 0.29) is 0 Å². The van der Waals surface area contributed by atoms with Crippen LogP contribution in [0.15, 0.2) is 30.5 Å². The van der Waals surface area contributed by atoms with Crippen LogP contribution in [0.25, 0.3) is 5.69 Å². The van der Waals surface area contributed by atoms with Gasteiger partial charge in [0.1, 0.15) is 0 Å². The van der Waals surface area contributed by atoms with Crippen LogP contribution in [0.2, 0.25) is 0 Å². The number of hydrogen-bond acceptors (Lipinski definition) is 3. The quantitative estimate of drug-likeness (QED) is 0.779. The molecule has 0 aliphatic rings. The maximum Gasteiger partial charge on any atom is 0.0991 e. The van der Waals surface area contributed by atoms with E-state index < -0.39 is 0 Å². The Morgan fingerprint density at radius 2 is 2.07 bits per heavy atom. The predicted molar refractivity (Wildman–Crippen MR) is 58.7 cm³/mol. The number of benzene rings is 1. The van der Waals surface area contributed by atoms with Crippen molar-refractivity contribution in [3.8, 4) is 11.8 Å². The monoisotopic (exact) mass is 262 g/mol.